The summed E-state index contributed by atoms with van der Waals surface area (Å²) in [6.07, 6.45) is 6.90. The minimum atomic E-state index is 0.344. The van der Waals surface area contributed by atoms with Gasteiger partial charge in [-0.2, -0.15) is 5.26 Å². The van der Waals surface area contributed by atoms with E-state index >= 15 is 0 Å². The highest BCUT2D eigenvalue weighted by Gasteiger charge is 2.00. The zero-order chi connectivity index (χ0) is 13.5. The molecule has 0 fully saturated rings. The number of nitrogens with one attached hydrogen (secondary N) is 1. The first kappa shape index (κ1) is 13.0. The van der Waals surface area contributed by atoms with Crippen LogP contribution in [0.15, 0.2) is 36.9 Å². The van der Waals surface area contributed by atoms with E-state index in [2.05, 4.69) is 16.4 Å². The third-order valence-electron chi connectivity index (χ3n) is 2.89. The van der Waals surface area contributed by atoms with Gasteiger partial charge in [-0.15, -0.1) is 0 Å². The SMILES string of the molecule is N#CCc1cc(NCCCn2ccnc2)ccc1N. The lowest BCUT2D eigenvalue weighted by atomic mass is 10.1. The summed E-state index contributed by atoms with van der Waals surface area (Å²) in [6, 6.07) is 7.84. The van der Waals surface area contributed by atoms with E-state index < -0.39 is 0 Å². The smallest absolute Gasteiger partial charge is 0.0945 e. The van der Waals surface area contributed by atoms with Crippen LogP contribution >= 0.6 is 0 Å². The average molecular weight is 255 g/mol. The fraction of sp³-hybridized carbons (Fsp3) is 0.286. The summed E-state index contributed by atoms with van der Waals surface area (Å²) in [5.41, 5.74) is 8.36. The van der Waals surface area contributed by atoms with Crippen molar-refractivity contribution in [1.29, 1.82) is 5.26 Å². The fourth-order valence-corrected chi connectivity index (χ4v) is 1.87. The highest BCUT2D eigenvalue weighted by molar-refractivity contribution is 5.57. The van der Waals surface area contributed by atoms with Crippen molar-refractivity contribution in [2.24, 2.45) is 0 Å². The number of rotatable bonds is 6. The number of nitriles is 1. The predicted octanol–water partition coefficient (Wildman–Crippen LogP) is 2.03. The van der Waals surface area contributed by atoms with E-state index in [4.69, 9.17) is 11.0 Å². The molecule has 1 heterocycles. The van der Waals surface area contributed by atoms with Crippen molar-refractivity contribution >= 4 is 11.4 Å². The van der Waals surface area contributed by atoms with Crippen LogP contribution < -0.4 is 11.1 Å². The van der Waals surface area contributed by atoms with Crippen molar-refractivity contribution in [3.05, 3.63) is 42.5 Å². The van der Waals surface area contributed by atoms with Gasteiger partial charge in [-0.1, -0.05) is 0 Å². The molecule has 3 N–H and O–H groups in total. The van der Waals surface area contributed by atoms with Gasteiger partial charge in [0.2, 0.25) is 0 Å². The van der Waals surface area contributed by atoms with E-state index in [1.807, 2.05) is 35.3 Å². The van der Waals surface area contributed by atoms with Crippen molar-refractivity contribution in [2.45, 2.75) is 19.4 Å². The number of nitrogens with two attached hydrogens (primary N) is 1. The Morgan fingerprint density at radius 3 is 3.05 bits per heavy atom. The summed E-state index contributed by atoms with van der Waals surface area (Å²) in [6.45, 7) is 1.81. The number of hydrogen-bond donors (Lipinski definition) is 2. The van der Waals surface area contributed by atoms with E-state index in [1.54, 1.807) is 6.20 Å². The van der Waals surface area contributed by atoms with E-state index in [0.29, 0.717) is 12.1 Å². The molecule has 2 aromatic rings. The number of hydrogen-bond acceptors (Lipinski definition) is 4. The predicted molar refractivity (Wildman–Crippen MR) is 75.5 cm³/mol. The van der Waals surface area contributed by atoms with Gasteiger partial charge in [-0.3, -0.25) is 0 Å². The van der Waals surface area contributed by atoms with Crippen LogP contribution in [0.1, 0.15) is 12.0 Å². The zero-order valence-electron chi connectivity index (χ0n) is 10.7. The molecule has 5 nitrogen and oxygen atoms in total. The molecule has 0 unspecified atom stereocenters. The van der Waals surface area contributed by atoms with Gasteiger partial charge in [0, 0.05) is 36.9 Å². The molecule has 1 aromatic carbocycles. The second-order valence-corrected chi connectivity index (χ2v) is 4.33. The van der Waals surface area contributed by atoms with Crippen molar-refractivity contribution in [1.82, 2.24) is 9.55 Å². The van der Waals surface area contributed by atoms with Crippen LogP contribution in [0.25, 0.3) is 0 Å². The molecule has 0 spiro atoms. The Bertz CT molecular complexity index is 554. The fourth-order valence-electron chi connectivity index (χ4n) is 1.87. The molecule has 0 atom stereocenters. The molecular formula is C14H17N5. The molecule has 0 bridgehead atoms. The monoisotopic (exact) mass is 255 g/mol. The van der Waals surface area contributed by atoms with E-state index in [1.165, 1.54) is 0 Å². The Hall–Kier alpha value is -2.48. The normalized spacial score (nSPS) is 10.1. The van der Waals surface area contributed by atoms with Crippen LogP contribution in [0.5, 0.6) is 0 Å². The maximum atomic E-state index is 8.72. The summed E-state index contributed by atoms with van der Waals surface area (Å²) in [7, 11) is 0. The number of imidazole rings is 1. The first-order chi connectivity index (χ1) is 9.29. The van der Waals surface area contributed by atoms with Gasteiger partial charge in [0.15, 0.2) is 0 Å². The Labute approximate surface area is 112 Å². The molecule has 0 saturated heterocycles. The van der Waals surface area contributed by atoms with Crippen LogP contribution in [0, 0.1) is 11.3 Å². The van der Waals surface area contributed by atoms with Crippen molar-refractivity contribution in [3.63, 3.8) is 0 Å². The quantitative estimate of drug-likeness (QED) is 0.611. The van der Waals surface area contributed by atoms with E-state index in [9.17, 15) is 0 Å². The maximum Gasteiger partial charge on any atom is 0.0945 e. The number of anilines is 2. The van der Waals surface area contributed by atoms with Crippen LogP contribution in [-0.2, 0) is 13.0 Å². The minimum absolute atomic E-state index is 0.344. The molecule has 1 aromatic heterocycles. The number of aromatic nitrogens is 2. The van der Waals surface area contributed by atoms with E-state index in [-0.39, 0.29) is 0 Å². The maximum absolute atomic E-state index is 8.72. The van der Waals surface area contributed by atoms with Crippen LogP contribution in [0.3, 0.4) is 0 Å². The van der Waals surface area contributed by atoms with Crippen LogP contribution in [0.2, 0.25) is 0 Å². The Morgan fingerprint density at radius 2 is 2.32 bits per heavy atom. The molecule has 0 aliphatic heterocycles. The van der Waals surface area contributed by atoms with Crippen molar-refractivity contribution in [2.75, 3.05) is 17.6 Å². The largest absolute Gasteiger partial charge is 0.398 e. The number of benzene rings is 1. The van der Waals surface area contributed by atoms with Crippen molar-refractivity contribution in [3.8, 4) is 6.07 Å². The van der Waals surface area contributed by atoms with Crippen LogP contribution in [-0.4, -0.2) is 16.1 Å². The molecule has 0 saturated carbocycles. The Balaban J connectivity index is 1.82. The van der Waals surface area contributed by atoms with Gasteiger partial charge < -0.3 is 15.6 Å². The molecule has 5 heteroatoms. The Kier molecular flexibility index (Phi) is 4.40. The molecule has 0 aliphatic rings. The van der Waals surface area contributed by atoms with Gasteiger partial charge in [0.05, 0.1) is 18.8 Å². The second-order valence-electron chi connectivity index (χ2n) is 4.33. The molecule has 2 rings (SSSR count). The summed E-state index contributed by atoms with van der Waals surface area (Å²) in [4.78, 5) is 4.00. The molecular weight excluding hydrogens is 238 g/mol. The van der Waals surface area contributed by atoms with Gasteiger partial charge >= 0.3 is 0 Å². The first-order valence-electron chi connectivity index (χ1n) is 6.24. The first-order valence-corrected chi connectivity index (χ1v) is 6.24. The summed E-state index contributed by atoms with van der Waals surface area (Å²) in [5, 5.41) is 12.1. The molecule has 19 heavy (non-hydrogen) atoms. The Morgan fingerprint density at radius 1 is 1.42 bits per heavy atom. The van der Waals surface area contributed by atoms with Crippen molar-refractivity contribution < 1.29 is 0 Å². The summed E-state index contributed by atoms with van der Waals surface area (Å²) in [5.74, 6) is 0. The number of nitrogens with zero attached hydrogens (tertiary/aromatic N) is 3. The highest BCUT2D eigenvalue weighted by Crippen LogP contribution is 2.18. The highest BCUT2D eigenvalue weighted by atomic mass is 15.0. The molecule has 0 amide bonds. The standard InChI is InChI=1S/C14H17N5/c15-5-4-12-10-13(2-3-14(12)16)18-6-1-8-19-9-7-17-11-19/h2-3,7,9-11,18H,1,4,6,8,16H2. The topological polar surface area (TPSA) is 79.7 Å². The lowest BCUT2D eigenvalue weighted by molar-refractivity contribution is 0.661. The van der Waals surface area contributed by atoms with Gasteiger partial charge in [0.1, 0.15) is 0 Å². The lowest BCUT2D eigenvalue weighted by Gasteiger charge is -2.09. The van der Waals surface area contributed by atoms with E-state index in [0.717, 1.165) is 30.8 Å². The van der Waals surface area contributed by atoms with Gasteiger partial charge in [-0.05, 0) is 30.2 Å². The lowest BCUT2D eigenvalue weighted by Crippen LogP contribution is -2.06. The number of nitrogen functional groups attached to an aromatic ring is 1. The molecule has 0 aliphatic carbocycles. The average Bonchev–Trinajstić information content (AvgIpc) is 2.92. The molecule has 0 radical (unpaired) electrons. The minimum Gasteiger partial charge on any atom is -0.398 e. The summed E-state index contributed by atoms with van der Waals surface area (Å²) >= 11 is 0. The third kappa shape index (κ3) is 3.75. The summed E-state index contributed by atoms with van der Waals surface area (Å²) < 4.78 is 2.05. The number of aryl methyl sites for hydroxylation is 1. The van der Waals surface area contributed by atoms with Gasteiger partial charge in [-0.25, -0.2) is 4.98 Å². The zero-order valence-corrected chi connectivity index (χ0v) is 10.7. The third-order valence-corrected chi connectivity index (χ3v) is 2.89. The van der Waals surface area contributed by atoms with Gasteiger partial charge in [0.25, 0.3) is 0 Å². The second kappa shape index (κ2) is 6.45. The van der Waals surface area contributed by atoms with Crippen LogP contribution in [0.4, 0.5) is 11.4 Å². The molecule has 98 valence electrons.